The lowest BCUT2D eigenvalue weighted by atomic mass is 10.0. The van der Waals surface area contributed by atoms with Crippen molar-refractivity contribution in [2.24, 2.45) is 0 Å². The van der Waals surface area contributed by atoms with Gasteiger partial charge in [-0.1, -0.05) is 38.1 Å². The first kappa shape index (κ1) is 20.3. The van der Waals surface area contributed by atoms with Crippen molar-refractivity contribution in [2.75, 3.05) is 12.9 Å². The average molecular weight is 419 g/mol. The first-order chi connectivity index (χ1) is 14.6. The van der Waals surface area contributed by atoms with Crippen LogP contribution in [0.4, 0.5) is 0 Å². The van der Waals surface area contributed by atoms with Crippen molar-refractivity contribution < 1.29 is 4.74 Å². The van der Waals surface area contributed by atoms with E-state index in [2.05, 4.69) is 61.5 Å². The number of benzene rings is 2. The Morgan fingerprint density at radius 2 is 1.90 bits per heavy atom. The van der Waals surface area contributed by atoms with Gasteiger partial charge < -0.3 is 9.30 Å². The molecule has 0 radical (unpaired) electrons. The van der Waals surface area contributed by atoms with Gasteiger partial charge in [0, 0.05) is 18.0 Å². The first-order valence-electron chi connectivity index (χ1n) is 10.1. The summed E-state index contributed by atoms with van der Waals surface area (Å²) in [4.78, 5) is 4.26. The van der Waals surface area contributed by atoms with Gasteiger partial charge in [-0.15, -0.1) is 11.8 Å². The van der Waals surface area contributed by atoms with Gasteiger partial charge in [0.2, 0.25) is 0 Å². The largest absolute Gasteiger partial charge is 0.494 e. The van der Waals surface area contributed by atoms with E-state index >= 15 is 0 Å². The highest BCUT2D eigenvalue weighted by atomic mass is 32.2. The van der Waals surface area contributed by atoms with Gasteiger partial charge in [0.25, 0.3) is 0 Å². The molecule has 0 aliphatic heterocycles. The summed E-state index contributed by atoms with van der Waals surface area (Å²) >= 11 is 1.63. The van der Waals surface area contributed by atoms with Crippen LogP contribution in [0.3, 0.4) is 0 Å². The summed E-state index contributed by atoms with van der Waals surface area (Å²) in [5.74, 6) is 1.34. The van der Waals surface area contributed by atoms with Crippen LogP contribution in [0.15, 0.2) is 72.3 Å². The maximum Gasteiger partial charge on any atom is 0.143 e. The summed E-state index contributed by atoms with van der Waals surface area (Å²) in [6, 6.07) is 16.8. The van der Waals surface area contributed by atoms with Gasteiger partial charge in [0.15, 0.2) is 0 Å². The van der Waals surface area contributed by atoms with E-state index in [0.717, 1.165) is 33.4 Å². The minimum Gasteiger partial charge on any atom is -0.494 e. The molecule has 2 aromatic heterocycles. The van der Waals surface area contributed by atoms with Crippen LogP contribution >= 0.6 is 11.8 Å². The normalized spacial score (nSPS) is 11.2. The van der Waals surface area contributed by atoms with Gasteiger partial charge in [-0.25, -0.2) is 9.67 Å². The number of thioether (sulfide) groups is 1. The third-order valence-corrected chi connectivity index (χ3v) is 5.67. The molecule has 2 heterocycles. The molecular formula is C24H26N4OS. The van der Waals surface area contributed by atoms with Gasteiger partial charge >= 0.3 is 0 Å². The molecule has 0 saturated carbocycles. The number of hydrogen-bond acceptors (Lipinski definition) is 4. The van der Waals surface area contributed by atoms with Crippen molar-refractivity contribution in [1.29, 1.82) is 0 Å². The highest BCUT2D eigenvalue weighted by Crippen LogP contribution is 2.37. The Bertz CT molecular complexity index is 1110. The SMILES string of the molecule is CCOc1cccc(-c2c(-n3ccnc3)c(SC)nn2-c2ccc(C(C)C)cc2)c1. The quantitative estimate of drug-likeness (QED) is 0.347. The molecule has 0 amide bonds. The van der Waals surface area contributed by atoms with Gasteiger partial charge in [0.1, 0.15) is 16.5 Å². The van der Waals surface area contributed by atoms with E-state index in [0.29, 0.717) is 12.5 Å². The molecule has 0 aliphatic carbocycles. The fourth-order valence-electron chi connectivity index (χ4n) is 3.50. The maximum atomic E-state index is 5.77. The Morgan fingerprint density at radius 1 is 1.10 bits per heavy atom. The Kier molecular flexibility index (Phi) is 5.95. The van der Waals surface area contributed by atoms with Crippen molar-refractivity contribution in [2.45, 2.75) is 31.7 Å². The lowest BCUT2D eigenvalue weighted by Gasteiger charge is -2.13. The van der Waals surface area contributed by atoms with Crippen molar-refractivity contribution in [3.63, 3.8) is 0 Å². The van der Waals surface area contributed by atoms with Crippen molar-refractivity contribution in [3.8, 4) is 28.4 Å². The smallest absolute Gasteiger partial charge is 0.143 e. The summed E-state index contributed by atoms with van der Waals surface area (Å²) < 4.78 is 9.82. The first-order valence-corrected chi connectivity index (χ1v) is 11.3. The molecule has 0 N–H and O–H groups in total. The number of aromatic nitrogens is 4. The molecule has 0 fully saturated rings. The third-order valence-electron chi connectivity index (χ3n) is 5.01. The standard InChI is InChI=1S/C24H26N4OS/c1-5-29-21-8-6-7-19(15-21)22-23(27-14-13-25-16-27)24(30-4)26-28(22)20-11-9-18(10-12-20)17(2)3/h6-17H,5H2,1-4H3. The van der Waals surface area contributed by atoms with Crippen LogP contribution < -0.4 is 4.74 Å². The minimum absolute atomic E-state index is 0.488. The van der Waals surface area contributed by atoms with Crippen molar-refractivity contribution >= 4 is 11.8 Å². The predicted octanol–water partition coefficient (Wildman–Crippen LogP) is 5.97. The monoisotopic (exact) mass is 418 g/mol. The highest BCUT2D eigenvalue weighted by Gasteiger charge is 2.22. The molecule has 0 atom stereocenters. The van der Waals surface area contributed by atoms with Crippen LogP contribution in [-0.4, -0.2) is 32.2 Å². The van der Waals surface area contributed by atoms with E-state index in [1.807, 2.05) is 40.8 Å². The average Bonchev–Trinajstić information content (AvgIpc) is 3.41. The van der Waals surface area contributed by atoms with E-state index in [1.165, 1.54) is 5.56 Å². The number of rotatable bonds is 7. The summed E-state index contributed by atoms with van der Waals surface area (Å²) in [5, 5.41) is 5.91. The summed E-state index contributed by atoms with van der Waals surface area (Å²) in [6.45, 7) is 7.03. The maximum absolute atomic E-state index is 5.77. The number of nitrogens with zero attached hydrogens (tertiary/aromatic N) is 4. The zero-order valence-electron chi connectivity index (χ0n) is 17.7. The second-order valence-corrected chi connectivity index (χ2v) is 8.09. The molecular weight excluding hydrogens is 392 g/mol. The number of imidazole rings is 1. The van der Waals surface area contributed by atoms with Crippen molar-refractivity contribution in [1.82, 2.24) is 19.3 Å². The molecule has 154 valence electrons. The second kappa shape index (κ2) is 8.79. The van der Waals surface area contributed by atoms with Gasteiger partial charge in [-0.05, 0) is 48.9 Å². The van der Waals surface area contributed by atoms with Crippen LogP contribution in [0.1, 0.15) is 32.3 Å². The molecule has 30 heavy (non-hydrogen) atoms. The van der Waals surface area contributed by atoms with Crippen LogP contribution in [-0.2, 0) is 0 Å². The van der Waals surface area contributed by atoms with Crippen LogP contribution in [0, 0.1) is 0 Å². The van der Waals surface area contributed by atoms with Crippen LogP contribution in [0.5, 0.6) is 5.75 Å². The molecule has 4 aromatic rings. The fraction of sp³-hybridized carbons (Fsp3) is 0.250. The lowest BCUT2D eigenvalue weighted by Crippen LogP contribution is -2.02. The zero-order chi connectivity index (χ0) is 21.1. The van der Waals surface area contributed by atoms with E-state index in [1.54, 1.807) is 18.0 Å². The Hall–Kier alpha value is -2.99. The van der Waals surface area contributed by atoms with Crippen LogP contribution in [0.25, 0.3) is 22.6 Å². The number of hydrogen-bond donors (Lipinski definition) is 0. The fourth-order valence-corrected chi connectivity index (χ4v) is 4.06. The third kappa shape index (κ3) is 3.87. The van der Waals surface area contributed by atoms with Gasteiger partial charge in [0.05, 0.1) is 24.3 Å². The van der Waals surface area contributed by atoms with Gasteiger partial charge in [-0.2, -0.15) is 5.10 Å². The Balaban J connectivity index is 1.95. The molecule has 0 spiro atoms. The zero-order valence-corrected chi connectivity index (χ0v) is 18.6. The topological polar surface area (TPSA) is 44.9 Å². The molecule has 0 saturated heterocycles. The summed E-state index contributed by atoms with van der Waals surface area (Å²) in [7, 11) is 0. The molecule has 5 nitrogen and oxygen atoms in total. The summed E-state index contributed by atoms with van der Waals surface area (Å²) in [6.07, 6.45) is 7.62. The molecule has 6 heteroatoms. The predicted molar refractivity (Wildman–Crippen MR) is 123 cm³/mol. The van der Waals surface area contributed by atoms with Crippen molar-refractivity contribution in [3.05, 3.63) is 72.8 Å². The number of ether oxygens (including phenoxy) is 1. The highest BCUT2D eigenvalue weighted by molar-refractivity contribution is 7.98. The summed E-state index contributed by atoms with van der Waals surface area (Å²) in [5.41, 5.74) is 5.41. The molecule has 0 unspecified atom stereocenters. The molecule has 0 bridgehead atoms. The molecule has 0 aliphatic rings. The van der Waals surface area contributed by atoms with Gasteiger partial charge in [-0.3, -0.25) is 0 Å². The molecule has 2 aromatic carbocycles. The second-order valence-electron chi connectivity index (χ2n) is 7.30. The molecule has 4 rings (SSSR count). The van der Waals surface area contributed by atoms with Crippen LogP contribution in [0.2, 0.25) is 0 Å². The van der Waals surface area contributed by atoms with E-state index in [4.69, 9.17) is 9.84 Å². The Morgan fingerprint density at radius 3 is 2.53 bits per heavy atom. The lowest BCUT2D eigenvalue weighted by molar-refractivity contribution is 0.340. The minimum atomic E-state index is 0.488. The van der Waals surface area contributed by atoms with E-state index in [-0.39, 0.29) is 0 Å². The van der Waals surface area contributed by atoms with E-state index in [9.17, 15) is 0 Å². The Labute approximate surface area is 181 Å². The van der Waals surface area contributed by atoms with E-state index < -0.39 is 0 Å².